The predicted molar refractivity (Wildman–Crippen MR) is 87.5 cm³/mol. The Morgan fingerprint density at radius 2 is 1.57 bits per heavy atom. The van der Waals surface area contributed by atoms with Crippen LogP contribution in [0.2, 0.25) is 0 Å². The Balaban J connectivity index is 3.64. The van der Waals surface area contributed by atoms with Crippen LogP contribution in [0.3, 0.4) is 0 Å². The summed E-state index contributed by atoms with van der Waals surface area (Å²) in [5, 5.41) is 12.0. The second-order valence-corrected chi connectivity index (χ2v) is 6.79. The number of rotatable bonds is 11. The van der Waals surface area contributed by atoms with Crippen molar-refractivity contribution in [3.8, 4) is 0 Å². The van der Waals surface area contributed by atoms with Crippen molar-refractivity contribution in [2.45, 2.75) is 97.1 Å². The molecule has 0 aliphatic rings. The number of ether oxygens (including phenoxy) is 1. The van der Waals surface area contributed by atoms with Gasteiger partial charge in [0.1, 0.15) is 5.60 Å². The summed E-state index contributed by atoms with van der Waals surface area (Å²) in [5.74, 6) is 0. The molecule has 0 aromatic rings. The second-order valence-electron chi connectivity index (χ2n) is 6.79. The molecule has 1 atom stereocenters. The predicted octanol–water partition coefficient (Wildman–Crippen LogP) is 4.40. The number of carbonyl (C=O) groups excluding carboxylic acids is 1. The van der Waals surface area contributed by atoms with E-state index in [1.54, 1.807) is 0 Å². The number of hydrogen-bond acceptors (Lipinski definition) is 3. The van der Waals surface area contributed by atoms with E-state index in [0.717, 1.165) is 12.8 Å². The minimum Gasteiger partial charge on any atom is -0.444 e. The zero-order chi connectivity index (χ0) is 16.1. The van der Waals surface area contributed by atoms with Crippen LogP contribution >= 0.6 is 0 Å². The van der Waals surface area contributed by atoms with Crippen molar-refractivity contribution in [1.82, 2.24) is 5.32 Å². The van der Waals surface area contributed by atoms with Gasteiger partial charge in [0.05, 0.1) is 12.6 Å². The SMILES string of the molecule is CCCCCCCCCCC(CO)NC(=O)OC(C)(C)C. The molecule has 0 fully saturated rings. The van der Waals surface area contributed by atoms with Crippen molar-refractivity contribution in [1.29, 1.82) is 0 Å². The molecule has 0 saturated heterocycles. The molecule has 4 heteroatoms. The van der Waals surface area contributed by atoms with Crippen LogP contribution in [0, 0.1) is 0 Å². The lowest BCUT2D eigenvalue weighted by atomic mass is 10.0. The molecule has 1 amide bonds. The van der Waals surface area contributed by atoms with E-state index in [-0.39, 0.29) is 12.6 Å². The molecule has 2 N–H and O–H groups in total. The highest BCUT2D eigenvalue weighted by molar-refractivity contribution is 5.68. The van der Waals surface area contributed by atoms with E-state index in [4.69, 9.17) is 4.74 Å². The van der Waals surface area contributed by atoms with Gasteiger partial charge >= 0.3 is 6.09 Å². The molecule has 1 unspecified atom stereocenters. The number of alkyl carbamates (subject to hydrolysis) is 1. The standard InChI is InChI=1S/C17H35NO3/c1-5-6-7-8-9-10-11-12-13-15(14-19)18-16(20)21-17(2,3)4/h15,19H,5-14H2,1-4H3,(H,18,20). The Morgan fingerprint density at radius 3 is 2.05 bits per heavy atom. The van der Waals surface area contributed by atoms with Gasteiger partial charge in [-0.25, -0.2) is 4.79 Å². The normalized spacial score (nSPS) is 13.0. The molecule has 0 aromatic heterocycles. The van der Waals surface area contributed by atoms with Crippen LogP contribution in [-0.4, -0.2) is 29.4 Å². The van der Waals surface area contributed by atoms with Crippen molar-refractivity contribution in [2.75, 3.05) is 6.61 Å². The summed E-state index contributed by atoms with van der Waals surface area (Å²) < 4.78 is 5.19. The van der Waals surface area contributed by atoms with Crippen LogP contribution in [0.1, 0.15) is 85.5 Å². The van der Waals surface area contributed by atoms with Crippen LogP contribution in [0.4, 0.5) is 4.79 Å². The van der Waals surface area contributed by atoms with Gasteiger partial charge in [-0.15, -0.1) is 0 Å². The van der Waals surface area contributed by atoms with Gasteiger partial charge in [0, 0.05) is 0 Å². The third-order valence-electron chi connectivity index (χ3n) is 3.35. The van der Waals surface area contributed by atoms with E-state index < -0.39 is 11.7 Å². The summed E-state index contributed by atoms with van der Waals surface area (Å²) in [4.78, 5) is 11.6. The Kier molecular flexibility index (Phi) is 11.4. The van der Waals surface area contributed by atoms with Crippen molar-refractivity contribution in [3.63, 3.8) is 0 Å². The van der Waals surface area contributed by atoms with Crippen molar-refractivity contribution < 1.29 is 14.6 Å². The molecular formula is C17H35NO3. The van der Waals surface area contributed by atoms with Crippen LogP contribution in [0.15, 0.2) is 0 Å². The molecule has 0 saturated carbocycles. The van der Waals surface area contributed by atoms with Gasteiger partial charge in [-0.3, -0.25) is 0 Å². The first-order valence-corrected chi connectivity index (χ1v) is 8.49. The Labute approximate surface area is 130 Å². The average molecular weight is 301 g/mol. The molecule has 0 bridgehead atoms. The number of aliphatic hydroxyl groups excluding tert-OH is 1. The molecule has 0 radical (unpaired) electrons. The molecule has 4 nitrogen and oxygen atoms in total. The summed E-state index contributed by atoms with van der Waals surface area (Å²) in [6.07, 6.45) is 10.4. The highest BCUT2D eigenvalue weighted by Gasteiger charge is 2.18. The topological polar surface area (TPSA) is 58.6 Å². The first-order chi connectivity index (χ1) is 9.89. The number of hydrogen-bond donors (Lipinski definition) is 2. The fourth-order valence-electron chi connectivity index (χ4n) is 2.21. The van der Waals surface area contributed by atoms with Gasteiger partial charge in [-0.1, -0.05) is 58.3 Å². The maximum Gasteiger partial charge on any atom is 0.407 e. The lowest BCUT2D eigenvalue weighted by Crippen LogP contribution is -2.41. The number of nitrogens with one attached hydrogen (secondary N) is 1. The molecular weight excluding hydrogens is 266 g/mol. The lowest BCUT2D eigenvalue weighted by molar-refractivity contribution is 0.0478. The summed E-state index contributed by atoms with van der Waals surface area (Å²) >= 11 is 0. The lowest BCUT2D eigenvalue weighted by Gasteiger charge is -2.22. The van der Waals surface area contributed by atoms with Crippen molar-refractivity contribution >= 4 is 6.09 Å². The maximum absolute atomic E-state index is 11.6. The van der Waals surface area contributed by atoms with Gasteiger partial charge in [-0.2, -0.15) is 0 Å². The van der Waals surface area contributed by atoms with Gasteiger partial charge in [0.2, 0.25) is 0 Å². The smallest absolute Gasteiger partial charge is 0.407 e. The summed E-state index contributed by atoms with van der Waals surface area (Å²) in [6.45, 7) is 7.69. The van der Waals surface area contributed by atoms with Crippen LogP contribution < -0.4 is 5.32 Å². The molecule has 0 heterocycles. The van der Waals surface area contributed by atoms with E-state index in [9.17, 15) is 9.90 Å². The maximum atomic E-state index is 11.6. The van der Waals surface area contributed by atoms with E-state index in [2.05, 4.69) is 12.2 Å². The molecule has 21 heavy (non-hydrogen) atoms. The molecule has 0 rings (SSSR count). The number of unbranched alkanes of at least 4 members (excludes halogenated alkanes) is 7. The highest BCUT2D eigenvalue weighted by atomic mass is 16.6. The Hall–Kier alpha value is -0.770. The van der Waals surface area contributed by atoms with Crippen LogP contribution in [0.25, 0.3) is 0 Å². The number of amides is 1. The van der Waals surface area contributed by atoms with Crippen LogP contribution in [0.5, 0.6) is 0 Å². The molecule has 0 spiro atoms. The number of carbonyl (C=O) groups is 1. The minimum absolute atomic E-state index is 0.0320. The quantitative estimate of drug-likeness (QED) is 0.556. The summed E-state index contributed by atoms with van der Waals surface area (Å²) in [5.41, 5.74) is -0.497. The second kappa shape index (κ2) is 11.8. The van der Waals surface area contributed by atoms with Crippen molar-refractivity contribution in [3.05, 3.63) is 0 Å². The number of aliphatic hydroxyl groups is 1. The van der Waals surface area contributed by atoms with Crippen molar-refractivity contribution in [2.24, 2.45) is 0 Å². The Morgan fingerprint density at radius 1 is 1.05 bits per heavy atom. The van der Waals surface area contributed by atoms with Crippen LogP contribution in [-0.2, 0) is 4.74 Å². The Bertz CT molecular complexity index is 261. The molecule has 0 aliphatic carbocycles. The van der Waals surface area contributed by atoms with E-state index in [1.807, 2.05) is 20.8 Å². The molecule has 126 valence electrons. The molecule has 0 aliphatic heterocycles. The minimum atomic E-state index is -0.497. The largest absolute Gasteiger partial charge is 0.444 e. The van der Waals surface area contributed by atoms with E-state index in [1.165, 1.54) is 44.9 Å². The zero-order valence-corrected chi connectivity index (χ0v) is 14.4. The fourth-order valence-corrected chi connectivity index (χ4v) is 2.21. The monoisotopic (exact) mass is 301 g/mol. The average Bonchev–Trinajstić information content (AvgIpc) is 2.38. The third-order valence-corrected chi connectivity index (χ3v) is 3.35. The summed E-state index contributed by atoms with van der Waals surface area (Å²) in [6, 6.07) is -0.194. The van der Waals surface area contributed by atoms with Gasteiger partial charge in [0.15, 0.2) is 0 Å². The van der Waals surface area contributed by atoms with Gasteiger partial charge in [-0.05, 0) is 27.2 Å². The molecule has 0 aromatic carbocycles. The first-order valence-electron chi connectivity index (χ1n) is 8.49. The van der Waals surface area contributed by atoms with Gasteiger partial charge in [0.25, 0.3) is 0 Å². The summed E-state index contributed by atoms with van der Waals surface area (Å²) in [7, 11) is 0. The first kappa shape index (κ1) is 20.2. The highest BCUT2D eigenvalue weighted by Crippen LogP contribution is 2.11. The zero-order valence-electron chi connectivity index (χ0n) is 14.4. The van der Waals surface area contributed by atoms with Gasteiger partial charge < -0.3 is 15.2 Å². The van der Waals surface area contributed by atoms with E-state index in [0.29, 0.717) is 0 Å². The third kappa shape index (κ3) is 13.9. The fraction of sp³-hybridized carbons (Fsp3) is 0.941. The van der Waals surface area contributed by atoms with E-state index >= 15 is 0 Å².